The average Bonchev–Trinajstić information content (AvgIpc) is 2.01. The normalized spacial score (nSPS) is 14.0. The first-order valence-corrected chi connectivity index (χ1v) is 4.26. The Morgan fingerprint density at radius 1 is 1.58 bits per heavy atom. The molecule has 2 heteroatoms. The van der Waals surface area contributed by atoms with Gasteiger partial charge in [0.1, 0.15) is 0 Å². The predicted octanol–water partition coefficient (Wildman–Crippen LogP) is 2.70. The highest BCUT2D eigenvalue weighted by Crippen LogP contribution is 2.35. The number of carbonyl (C=O) groups is 1. The maximum atomic E-state index is 10.7. The standard InChI is InChI=1S/C10H18O2/c1-6-7(2)10(4,5)8(3)9(11)12/h7H,3,6H2,1-2,4-5H3,(H,11,12). The molecule has 0 aromatic heterocycles. The summed E-state index contributed by atoms with van der Waals surface area (Å²) in [6, 6.07) is 0. The molecule has 0 rings (SSSR count). The molecule has 0 aliphatic rings. The van der Waals surface area contributed by atoms with E-state index in [0.717, 1.165) is 6.42 Å². The summed E-state index contributed by atoms with van der Waals surface area (Å²) in [7, 11) is 0. The van der Waals surface area contributed by atoms with Crippen LogP contribution in [0.25, 0.3) is 0 Å². The number of hydrogen-bond acceptors (Lipinski definition) is 1. The van der Waals surface area contributed by atoms with Gasteiger partial charge in [0.15, 0.2) is 0 Å². The minimum Gasteiger partial charge on any atom is -0.478 e. The molecule has 1 atom stereocenters. The molecule has 0 saturated carbocycles. The minimum absolute atomic E-state index is 0.303. The van der Waals surface area contributed by atoms with Gasteiger partial charge in [0.2, 0.25) is 0 Å². The van der Waals surface area contributed by atoms with Crippen molar-refractivity contribution in [2.24, 2.45) is 11.3 Å². The first kappa shape index (κ1) is 11.2. The van der Waals surface area contributed by atoms with Crippen molar-refractivity contribution in [2.45, 2.75) is 34.1 Å². The lowest BCUT2D eigenvalue weighted by atomic mass is 9.73. The Morgan fingerprint density at radius 2 is 2.00 bits per heavy atom. The van der Waals surface area contributed by atoms with Crippen LogP contribution in [0.3, 0.4) is 0 Å². The van der Waals surface area contributed by atoms with E-state index in [1.807, 2.05) is 20.8 Å². The quantitative estimate of drug-likeness (QED) is 0.659. The fraction of sp³-hybridized carbons (Fsp3) is 0.700. The van der Waals surface area contributed by atoms with Crippen molar-refractivity contribution in [1.29, 1.82) is 0 Å². The Kier molecular flexibility index (Phi) is 3.50. The average molecular weight is 170 g/mol. The van der Waals surface area contributed by atoms with Gasteiger partial charge in [-0.05, 0) is 11.3 Å². The van der Waals surface area contributed by atoms with Crippen LogP contribution < -0.4 is 0 Å². The fourth-order valence-corrected chi connectivity index (χ4v) is 1.08. The van der Waals surface area contributed by atoms with E-state index in [4.69, 9.17) is 5.11 Å². The lowest BCUT2D eigenvalue weighted by Crippen LogP contribution is -2.27. The lowest BCUT2D eigenvalue weighted by Gasteiger charge is -2.31. The van der Waals surface area contributed by atoms with Gasteiger partial charge in [-0.3, -0.25) is 0 Å². The molecule has 0 aliphatic heterocycles. The number of aliphatic carboxylic acids is 1. The van der Waals surface area contributed by atoms with Gasteiger partial charge in [0.25, 0.3) is 0 Å². The van der Waals surface area contributed by atoms with Crippen molar-refractivity contribution in [3.63, 3.8) is 0 Å². The molecule has 1 unspecified atom stereocenters. The Balaban J connectivity index is 4.60. The maximum absolute atomic E-state index is 10.7. The summed E-state index contributed by atoms with van der Waals surface area (Å²) in [5, 5.41) is 8.76. The summed E-state index contributed by atoms with van der Waals surface area (Å²) in [6.45, 7) is 11.6. The molecule has 0 bridgehead atoms. The lowest BCUT2D eigenvalue weighted by molar-refractivity contribution is -0.134. The predicted molar refractivity (Wildman–Crippen MR) is 50.0 cm³/mol. The maximum Gasteiger partial charge on any atom is 0.331 e. The van der Waals surface area contributed by atoms with E-state index < -0.39 is 5.97 Å². The van der Waals surface area contributed by atoms with Crippen molar-refractivity contribution in [3.05, 3.63) is 12.2 Å². The van der Waals surface area contributed by atoms with Crippen LogP contribution in [0, 0.1) is 11.3 Å². The fourth-order valence-electron chi connectivity index (χ4n) is 1.08. The van der Waals surface area contributed by atoms with Crippen LogP contribution in [0.15, 0.2) is 12.2 Å². The van der Waals surface area contributed by atoms with Crippen molar-refractivity contribution >= 4 is 5.97 Å². The number of carboxylic acids is 1. The van der Waals surface area contributed by atoms with Gasteiger partial charge in [0.05, 0.1) is 0 Å². The van der Waals surface area contributed by atoms with E-state index in [-0.39, 0.29) is 5.41 Å². The zero-order chi connectivity index (χ0) is 9.94. The van der Waals surface area contributed by atoms with Gasteiger partial charge >= 0.3 is 5.97 Å². The molecule has 0 amide bonds. The second-order valence-corrected chi connectivity index (χ2v) is 3.81. The Morgan fingerprint density at radius 3 is 2.25 bits per heavy atom. The van der Waals surface area contributed by atoms with Crippen molar-refractivity contribution < 1.29 is 9.90 Å². The molecule has 2 nitrogen and oxygen atoms in total. The third-order valence-corrected chi connectivity index (χ3v) is 2.88. The molecule has 0 saturated heterocycles. The molecular formula is C10H18O2. The van der Waals surface area contributed by atoms with Crippen LogP contribution in [0.5, 0.6) is 0 Å². The number of rotatable bonds is 4. The highest BCUT2D eigenvalue weighted by Gasteiger charge is 2.31. The minimum atomic E-state index is -0.889. The smallest absolute Gasteiger partial charge is 0.331 e. The Labute approximate surface area is 74.3 Å². The molecule has 0 aliphatic carbocycles. The molecule has 12 heavy (non-hydrogen) atoms. The Bertz CT molecular complexity index is 192. The van der Waals surface area contributed by atoms with Crippen LogP contribution in [-0.2, 0) is 4.79 Å². The van der Waals surface area contributed by atoms with E-state index >= 15 is 0 Å². The van der Waals surface area contributed by atoms with Crippen molar-refractivity contribution in [2.75, 3.05) is 0 Å². The van der Waals surface area contributed by atoms with E-state index in [2.05, 4.69) is 13.5 Å². The SMILES string of the molecule is C=C(C(=O)O)C(C)(C)C(C)CC. The zero-order valence-electron chi connectivity index (χ0n) is 8.35. The van der Waals surface area contributed by atoms with Gasteiger partial charge in [-0.15, -0.1) is 0 Å². The number of carboxylic acid groups (broad SMARTS) is 1. The second-order valence-electron chi connectivity index (χ2n) is 3.81. The van der Waals surface area contributed by atoms with Gasteiger partial charge in [-0.2, -0.15) is 0 Å². The molecule has 70 valence electrons. The third-order valence-electron chi connectivity index (χ3n) is 2.88. The van der Waals surface area contributed by atoms with Crippen LogP contribution >= 0.6 is 0 Å². The summed E-state index contributed by atoms with van der Waals surface area (Å²) in [5.74, 6) is -0.540. The zero-order valence-corrected chi connectivity index (χ0v) is 8.35. The van der Waals surface area contributed by atoms with Gasteiger partial charge < -0.3 is 5.11 Å². The van der Waals surface area contributed by atoms with E-state index in [9.17, 15) is 4.79 Å². The second kappa shape index (κ2) is 3.74. The molecule has 0 aromatic carbocycles. The van der Waals surface area contributed by atoms with Crippen LogP contribution in [0.1, 0.15) is 34.1 Å². The summed E-state index contributed by atoms with van der Waals surface area (Å²) in [5.41, 5.74) is -0.00234. The third kappa shape index (κ3) is 2.10. The van der Waals surface area contributed by atoms with Crippen LogP contribution in [-0.4, -0.2) is 11.1 Å². The van der Waals surface area contributed by atoms with Gasteiger partial charge in [-0.25, -0.2) is 4.79 Å². The topological polar surface area (TPSA) is 37.3 Å². The molecule has 1 N–H and O–H groups in total. The molecule has 0 radical (unpaired) electrons. The summed E-state index contributed by atoms with van der Waals surface area (Å²) in [4.78, 5) is 10.7. The highest BCUT2D eigenvalue weighted by atomic mass is 16.4. The monoisotopic (exact) mass is 170 g/mol. The van der Waals surface area contributed by atoms with E-state index in [1.165, 1.54) is 0 Å². The van der Waals surface area contributed by atoms with Gasteiger partial charge in [-0.1, -0.05) is 40.7 Å². The van der Waals surface area contributed by atoms with Crippen LogP contribution in [0.2, 0.25) is 0 Å². The van der Waals surface area contributed by atoms with Gasteiger partial charge in [0, 0.05) is 5.57 Å². The Hall–Kier alpha value is -0.790. The first-order chi connectivity index (χ1) is 5.34. The van der Waals surface area contributed by atoms with E-state index in [1.54, 1.807) is 0 Å². The molecule has 0 heterocycles. The summed E-state index contributed by atoms with van der Waals surface area (Å²) in [6.07, 6.45) is 0.972. The van der Waals surface area contributed by atoms with Crippen molar-refractivity contribution in [1.82, 2.24) is 0 Å². The summed E-state index contributed by atoms with van der Waals surface area (Å²) >= 11 is 0. The molecule has 0 fully saturated rings. The molecule has 0 aromatic rings. The number of hydrogen-bond donors (Lipinski definition) is 1. The molecular weight excluding hydrogens is 152 g/mol. The first-order valence-electron chi connectivity index (χ1n) is 4.26. The van der Waals surface area contributed by atoms with Crippen molar-refractivity contribution in [3.8, 4) is 0 Å². The largest absolute Gasteiger partial charge is 0.478 e. The van der Waals surface area contributed by atoms with E-state index in [0.29, 0.717) is 11.5 Å². The molecule has 0 spiro atoms. The van der Waals surface area contributed by atoms with Crippen LogP contribution in [0.4, 0.5) is 0 Å². The highest BCUT2D eigenvalue weighted by molar-refractivity contribution is 5.87. The summed E-state index contributed by atoms with van der Waals surface area (Å²) < 4.78 is 0.